The lowest BCUT2D eigenvalue weighted by molar-refractivity contribution is -0.111. The SMILES string of the molecule is CCC(C)(C)C(F)(F)CCN. The van der Waals surface area contributed by atoms with Gasteiger partial charge in [-0.05, 0) is 13.0 Å². The van der Waals surface area contributed by atoms with E-state index in [-0.39, 0.29) is 13.0 Å². The summed E-state index contributed by atoms with van der Waals surface area (Å²) in [4.78, 5) is 0. The highest BCUT2D eigenvalue weighted by Crippen LogP contribution is 2.40. The van der Waals surface area contributed by atoms with E-state index in [4.69, 9.17) is 5.73 Å². The van der Waals surface area contributed by atoms with Gasteiger partial charge in [0.05, 0.1) is 0 Å². The molecule has 0 rings (SSSR count). The van der Waals surface area contributed by atoms with Crippen LogP contribution in [0.15, 0.2) is 0 Å². The first-order valence-electron chi connectivity index (χ1n) is 3.95. The Hall–Kier alpha value is -0.180. The van der Waals surface area contributed by atoms with Gasteiger partial charge in [0.1, 0.15) is 0 Å². The molecule has 0 aromatic rings. The van der Waals surface area contributed by atoms with E-state index in [0.29, 0.717) is 6.42 Å². The molecule has 0 bridgehead atoms. The largest absolute Gasteiger partial charge is 0.330 e. The van der Waals surface area contributed by atoms with E-state index in [1.54, 1.807) is 20.8 Å². The molecule has 0 aromatic heterocycles. The minimum absolute atomic E-state index is 0.0520. The summed E-state index contributed by atoms with van der Waals surface area (Å²) in [5.74, 6) is -2.63. The molecule has 11 heavy (non-hydrogen) atoms. The molecule has 0 aliphatic carbocycles. The van der Waals surface area contributed by atoms with Crippen molar-refractivity contribution in [2.75, 3.05) is 6.54 Å². The second kappa shape index (κ2) is 3.48. The quantitative estimate of drug-likeness (QED) is 0.680. The fourth-order valence-corrected chi connectivity index (χ4v) is 0.778. The van der Waals surface area contributed by atoms with Crippen molar-refractivity contribution in [3.8, 4) is 0 Å². The van der Waals surface area contributed by atoms with Crippen molar-refractivity contribution in [1.29, 1.82) is 0 Å². The smallest absolute Gasteiger partial charge is 0.254 e. The Morgan fingerprint density at radius 3 is 2.00 bits per heavy atom. The zero-order chi connectivity index (χ0) is 9.12. The van der Waals surface area contributed by atoms with E-state index in [0.717, 1.165) is 0 Å². The monoisotopic (exact) mass is 165 g/mol. The van der Waals surface area contributed by atoms with Gasteiger partial charge >= 0.3 is 0 Å². The molecular weight excluding hydrogens is 148 g/mol. The third kappa shape index (κ3) is 2.40. The lowest BCUT2D eigenvalue weighted by Gasteiger charge is -2.32. The number of nitrogens with two attached hydrogens (primary N) is 1. The minimum atomic E-state index is -2.63. The first-order valence-corrected chi connectivity index (χ1v) is 3.95. The molecule has 0 aliphatic heterocycles. The summed E-state index contributed by atoms with van der Waals surface area (Å²) in [6, 6.07) is 0. The highest BCUT2D eigenvalue weighted by Gasteiger charge is 2.43. The second-order valence-electron chi connectivity index (χ2n) is 3.48. The molecule has 68 valence electrons. The summed E-state index contributed by atoms with van der Waals surface area (Å²) in [5, 5.41) is 0. The van der Waals surface area contributed by atoms with Crippen molar-refractivity contribution >= 4 is 0 Å². The van der Waals surface area contributed by atoms with E-state index in [9.17, 15) is 8.78 Å². The molecule has 1 nitrogen and oxygen atoms in total. The summed E-state index contributed by atoms with van der Waals surface area (Å²) >= 11 is 0. The van der Waals surface area contributed by atoms with Crippen LogP contribution in [-0.4, -0.2) is 12.5 Å². The zero-order valence-electron chi connectivity index (χ0n) is 7.45. The van der Waals surface area contributed by atoms with Gasteiger partial charge in [0.25, 0.3) is 5.92 Å². The molecule has 0 atom stereocenters. The normalized spacial score (nSPS) is 13.6. The highest BCUT2D eigenvalue weighted by molar-refractivity contribution is 4.84. The van der Waals surface area contributed by atoms with Crippen LogP contribution in [0.25, 0.3) is 0 Å². The topological polar surface area (TPSA) is 26.0 Å². The zero-order valence-corrected chi connectivity index (χ0v) is 7.45. The average molecular weight is 165 g/mol. The van der Waals surface area contributed by atoms with Gasteiger partial charge in [-0.1, -0.05) is 20.8 Å². The number of halogens is 2. The van der Waals surface area contributed by atoms with Crippen LogP contribution in [0, 0.1) is 5.41 Å². The van der Waals surface area contributed by atoms with E-state index >= 15 is 0 Å². The van der Waals surface area contributed by atoms with Crippen molar-refractivity contribution in [1.82, 2.24) is 0 Å². The number of hydrogen-bond acceptors (Lipinski definition) is 1. The van der Waals surface area contributed by atoms with Gasteiger partial charge < -0.3 is 5.73 Å². The summed E-state index contributed by atoms with van der Waals surface area (Å²) in [6.07, 6.45) is 0.258. The van der Waals surface area contributed by atoms with Gasteiger partial charge in [-0.15, -0.1) is 0 Å². The predicted octanol–water partition coefficient (Wildman–Crippen LogP) is 2.41. The van der Waals surface area contributed by atoms with E-state index < -0.39 is 11.3 Å². The van der Waals surface area contributed by atoms with E-state index in [1.807, 2.05) is 0 Å². The van der Waals surface area contributed by atoms with E-state index in [2.05, 4.69) is 0 Å². The number of hydrogen-bond donors (Lipinski definition) is 1. The Kier molecular flexibility index (Phi) is 3.42. The molecule has 0 amide bonds. The Labute approximate surface area is 67.0 Å². The molecule has 0 fully saturated rings. The second-order valence-corrected chi connectivity index (χ2v) is 3.48. The molecule has 2 N–H and O–H groups in total. The number of alkyl halides is 2. The number of rotatable bonds is 4. The van der Waals surface area contributed by atoms with Crippen LogP contribution < -0.4 is 5.73 Å². The maximum Gasteiger partial charge on any atom is 0.254 e. The standard InChI is InChI=1S/C8H17F2N/c1-4-7(2,3)8(9,10)5-6-11/h4-6,11H2,1-3H3. The fourth-order valence-electron chi connectivity index (χ4n) is 0.778. The van der Waals surface area contributed by atoms with Gasteiger partial charge in [-0.3, -0.25) is 0 Å². The average Bonchev–Trinajstić information content (AvgIpc) is 1.87. The highest BCUT2D eigenvalue weighted by atomic mass is 19.3. The molecular formula is C8H17F2N. The molecule has 0 heterocycles. The van der Waals surface area contributed by atoms with Gasteiger partial charge in [-0.25, -0.2) is 8.78 Å². The molecule has 0 spiro atoms. The molecule has 0 aliphatic rings. The lowest BCUT2D eigenvalue weighted by atomic mass is 9.81. The maximum absolute atomic E-state index is 13.1. The summed E-state index contributed by atoms with van der Waals surface area (Å²) < 4.78 is 26.2. The summed E-state index contributed by atoms with van der Waals surface area (Å²) in [6.45, 7) is 4.96. The van der Waals surface area contributed by atoms with Crippen LogP contribution in [0.4, 0.5) is 8.78 Å². The fraction of sp³-hybridized carbons (Fsp3) is 1.00. The van der Waals surface area contributed by atoms with Crippen LogP contribution in [0.1, 0.15) is 33.6 Å². The van der Waals surface area contributed by atoms with Gasteiger partial charge in [0.15, 0.2) is 0 Å². The van der Waals surface area contributed by atoms with Crippen molar-refractivity contribution in [3.05, 3.63) is 0 Å². The van der Waals surface area contributed by atoms with Crippen LogP contribution in [-0.2, 0) is 0 Å². The Morgan fingerprint density at radius 1 is 1.27 bits per heavy atom. The Morgan fingerprint density at radius 2 is 1.73 bits per heavy atom. The Balaban J connectivity index is 4.26. The first kappa shape index (κ1) is 10.8. The minimum Gasteiger partial charge on any atom is -0.330 e. The molecule has 0 unspecified atom stereocenters. The lowest BCUT2D eigenvalue weighted by Crippen LogP contribution is -2.37. The van der Waals surface area contributed by atoms with Crippen LogP contribution in [0.5, 0.6) is 0 Å². The van der Waals surface area contributed by atoms with Gasteiger partial charge in [-0.2, -0.15) is 0 Å². The first-order chi connectivity index (χ1) is 4.87. The third-order valence-corrected chi connectivity index (χ3v) is 2.33. The third-order valence-electron chi connectivity index (χ3n) is 2.33. The molecule has 3 heteroatoms. The maximum atomic E-state index is 13.1. The van der Waals surface area contributed by atoms with Gasteiger partial charge in [0, 0.05) is 11.8 Å². The molecule has 0 saturated heterocycles. The molecule has 0 saturated carbocycles. The van der Waals surface area contributed by atoms with Crippen molar-refractivity contribution in [2.24, 2.45) is 11.1 Å². The van der Waals surface area contributed by atoms with Crippen LogP contribution in [0.3, 0.4) is 0 Å². The van der Waals surface area contributed by atoms with Crippen molar-refractivity contribution in [3.63, 3.8) is 0 Å². The molecule has 0 aromatic carbocycles. The predicted molar refractivity (Wildman–Crippen MR) is 42.7 cm³/mol. The van der Waals surface area contributed by atoms with E-state index in [1.165, 1.54) is 0 Å². The Bertz CT molecular complexity index is 121. The van der Waals surface area contributed by atoms with Crippen molar-refractivity contribution in [2.45, 2.75) is 39.5 Å². The van der Waals surface area contributed by atoms with Crippen LogP contribution >= 0.6 is 0 Å². The summed E-state index contributed by atoms with van der Waals surface area (Å²) in [5.41, 5.74) is 4.16. The molecule has 0 radical (unpaired) electrons. The van der Waals surface area contributed by atoms with Crippen molar-refractivity contribution < 1.29 is 8.78 Å². The van der Waals surface area contributed by atoms with Gasteiger partial charge in [0.2, 0.25) is 0 Å². The summed E-state index contributed by atoms with van der Waals surface area (Å²) in [7, 11) is 0. The van der Waals surface area contributed by atoms with Crippen LogP contribution in [0.2, 0.25) is 0 Å².